The van der Waals surface area contributed by atoms with Gasteiger partial charge in [-0.1, -0.05) is 85.8 Å². The molecule has 3 saturated heterocycles. The Morgan fingerprint density at radius 3 is 2.12 bits per heavy atom. The molecule has 0 bridgehead atoms. The summed E-state index contributed by atoms with van der Waals surface area (Å²) < 4.78 is 13.6. The molecule has 51 heavy (non-hydrogen) atoms. The number of hydrogen-bond donors (Lipinski definition) is 1. The van der Waals surface area contributed by atoms with Gasteiger partial charge < -0.3 is 19.5 Å². The lowest BCUT2D eigenvalue weighted by Gasteiger charge is -2.43. The summed E-state index contributed by atoms with van der Waals surface area (Å²) in [6.45, 7) is 8.04. The van der Waals surface area contributed by atoms with Crippen molar-refractivity contribution in [1.29, 1.82) is 0 Å². The monoisotopic (exact) mass is 685 g/mol. The van der Waals surface area contributed by atoms with Gasteiger partial charge in [-0.05, 0) is 91.3 Å². The number of fused-ring (bicyclic) bond motifs is 1. The van der Waals surface area contributed by atoms with Crippen LogP contribution >= 0.6 is 0 Å². The van der Waals surface area contributed by atoms with Gasteiger partial charge in [-0.25, -0.2) is 0 Å². The van der Waals surface area contributed by atoms with Crippen molar-refractivity contribution in [2.24, 2.45) is 5.92 Å². The highest BCUT2D eigenvalue weighted by molar-refractivity contribution is 6.21. The Kier molecular flexibility index (Phi) is 9.86. The summed E-state index contributed by atoms with van der Waals surface area (Å²) in [5.74, 6) is -0.363. The van der Waals surface area contributed by atoms with Crippen molar-refractivity contribution in [2.45, 2.75) is 70.3 Å². The van der Waals surface area contributed by atoms with Crippen molar-refractivity contribution in [3.8, 4) is 11.1 Å². The number of carbonyl (C=O) groups is 2. The van der Waals surface area contributed by atoms with Gasteiger partial charge in [0.1, 0.15) is 0 Å². The first-order chi connectivity index (χ1) is 24.9. The molecule has 0 unspecified atom stereocenters. The third-order valence-corrected chi connectivity index (χ3v) is 11.4. The SMILES string of the molecule is C[C@H]1[C@@H](CN2CCC[C@H]2CN2CCCC2)O[C@@H](c2ccc(-c3cccc(CN4C(=O)c5ccccc5C4=O)c3)cc2)O[C@H]1c1ccc(CO)cc1. The molecule has 4 aliphatic heterocycles. The predicted molar refractivity (Wildman–Crippen MR) is 196 cm³/mol. The van der Waals surface area contributed by atoms with E-state index in [1.54, 1.807) is 24.3 Å². The van der Waals surface area contributed by atoms with Gasteiger partial charge in [0.15, 0.2) is 6.29 Å². The number of benzene rings is 4. The minimum absolute atomic E-state index is 0.0102. The maximum atomic E-state index is 13.0. The highest BCUT2D eigenvalue weighted by Gasteiger charge is 2.41. The molecule has 3 fully saturated rings. The average Bonchev–Trinajstić information content (AvgIpc) is 3.91. The highest BCUT2D eigenvalue weighted by Crippen LogP contribution is 2.43. The van der Waals surface area contributed by atoms with Gasteiger partial charge in [-0.15, -0.1) is 0 Å². The van der Waals surface area contributed by atoms with Crippen LogP contribution in [0.5, 0.6) is 0 Å². The standard InChI is InChI=1S/C43H47N3O5/c1-29-39(27-45-23-7-10-36(45)26-44-21-4-5-22-44)50-43(51-40(29)33-15-13-30(28-47)14-16-33)34-19-17-32(18-20-34)35-9-6-8-31(24-35)25-46-41(48)37-11-2-3-12-38(37)42(46)49/h2-3,6,8-9,11-20,24,29,36,39-40,43,47H,4-5,7,10,21-23,25-28H2,1H3/t29-,36-,39+,40+,43+/m0/s1. The second-order valence-electron chi connectivity index (χ2n) is 14.7. The third-order valence-electron chi connectivity index (χ3n) is 11.4. The van der Waals surface area contributed by atoms with Gasteiger partial charge in [0, 0.05) is 30.6 Å². The largest absolute Gasteiger partial charge is 0.392 e. The summed E-state index contributed by atoms with van der Waals surface area (Å²) in [5.41, 5.74) is 6.80. The normalized spacial score (nSPS) is 25.5. The maximum Gasteiger partial charge on any atom is 0.261 e. The molecule has 0 saturated carbocycles. The van der Waals surface area contributed by atoms with E-state index in [2.05, 4.69) is 53.1 Å². The Bertz CT molecular complexity index is 1820. The van der Waals surface area contributed by atoms with Crippen molar-refractivity contribution in [3.05, 3.63) is 130 Å². The summed E-state index contributed by atoms with van der Waals surface area (Å²) in [4.78, 5) is 32.6. The molecule has 264 valence electrons. The molecule has 0 radical (unpaired) electrons. The van der Waals surface area contributed by atoms with Crippen LogP contribution in [0.3, 0.4) is 0 Å². The average molecular weight is 686 g/mol. The second-order valence-corrected chi connectivity index (χ2v) is 14.7. The fourth-order valence-electron chi connectivity index (χ4n) is 8.41. The zero-order chi connectivity index (χ0) is 34.9. The first kappa shape index (κ1) is 33.9. The van der Waals surface area contributed by atoms with Crippen LogP contribution in [0.2, 0.25) is 0 Å². The van der Waals surface area contributed by atoms with E-state index in [-0.39, 0.29) is 43.1 Å². The molecule has 8 heteroatoms. The molecule has 0 spiro atoms. The number of imide groups is 1. The Balaban J connectivity index is 1.00. The molecule has 1 N–H and O–H groups in total. The maximum absolute atomic E-state index is 13.0. The van der Waals surface area contributed by atoms with Crippen molar-refractivity contribution >= 4 is 11.8 Å². The van der Waals surface area contributed by atoms with E-state index in [1.807, 2.05) is 36.4 Å². The van der Waals surface area contributed by atoms with Crippen molar-refractivity contribution in [2.75, 3.05) is 32.7 Å². The molecule has 8 nitrogen and oxygen atoms in total. The van der Waals surface area contributed by atoms with Gasteiger partial charge >= 0.3 is 0 Å². The van der Waals surface area contributed by atoms with Crippen molar-refractivity contribution in [3.63, 3.8) is 0 Å². The Hall–Kier alpha value is -4.18. The van der Waals surface area contributed by atoms with E-state index < -0.39 is 6.29 Å². The quantitative estimate of drug-likeness (QED) is 0.180. The number of amides is 2. The molecule has 0 aliphatic carbocycles. The number of hydrogen-bond acceptors (Lipinski definition) is 7. The molecule has 8 rings (SSSR count). The molecular formula is C43H47N3O5. The molecule has 4 heterocycles. The molecule has 4 aromatic carbocycles. The first-order valence-corrected chi connectivity index (χ1v) is 18.6. The number of carbonyl (C=O) groups excluding carboxylic acids is 2. The lowest BCUT2D eigenvalue weighted by atomic mass is 9.89. The number of aliphatic hydroxyl groups is 1. The smallest absolute Gasteiger partial charge is 0.261 e. The highest BCUT2D eigenvalue weighted by atomic mass is 16.7. The molecule has 4 aliphatic rings. The van der Waals surface area contributed by atoms with Crippen molar-refractivity contribution < 1.29 is 24.2 Å². The van der Waals surface area contributed by atoms with E-state index in [1.165, 1.54) is 43.7 Å². The third kappa shape index (κ3) is 7.04. The van der Waals surface area contributed by atoms with Crippen LogP contribution in [0.1, 0.15) is 88.0 Å². The van der Waals surface area contributed by atoms with Crippen LogP contribution in [0, 0.1) is 5.92 Å². The summed E-state index contributed by atoms with van der Waals surface area (Å²) in [6, 6.07) is 32.1. The van der Waals surface area contributed by atoms with E-state index >= 15 is 0 Å². The molecule has 4 aromatic rings. The van der Waals surface area contributed by atoms with E-state index in [4.69, 9.17) is 9.47 Å². The number of ether oxygens (including phenoxy) is 2. The fourth-order valence-corrected chi connectivity index (χ4v) is 8.41. The minimum Gasteiger partial charge on any atom is -0.392 e. The lowest BCUT2D eigenvalue weighted by molar-refractivity contribution is -0.276. The van der Waals surface area contributed by atoms with Crippen LogP contribution in [0.15, 0.2) is 97.1 Å². The molecule has 5 atom stereocenters. The summed E-state index contributed by atoms with van der Waals surface area (Å²) in [5, 5.41) is 9.66. The number of likely N-dealkylation sites (tertiary alicyclic amines) is 2. The van der Waals surface area contributed by atoms with Crippen LogP contribution in [-0.4, -0.2) is 76.5 Å². The minimum atomic E-state index is -0.525. The van der Waals surface area contributed by atoms with Gasteiger partial charge in [0.05, 0.1) is 36.5 Å². The van der Waals surface area contributed by atoms with Gasteiger partial charge in [-0.2, -0.15) is 0 Å². The number of nitrogens with zero attached hydrogens (tertiary/aromatic N) is 3. The topological polar surface area (TPSA) is 82.6 Å². The Labute approximate surface area is 300 Å². The van der Waals surface area contributed by atoms with Gasteiger partial charge in [0.2, 0.25) is 0 Å². The fraction of sp³-hybridized carbons (Fsp3) is 0.395. The predicted octanol–water partition coefficient (Wildman–Crippen LogP) is 6.99. The van der Waals surface area contributed by atoms with Crippen molar-refractivity contribution in [1.82, 2.24) is 14.7 Å². The first-order valence-electron chi connectivity index (χ1n) is 18.6. The van der Waals surface area contributed by atoms with Crippen LogP contribution in [0.4, 0.5) is 0 Å². The molecule has 0 aromatic heterocycles. The summed E-state index contributed by atoms with van der Waals surface area (Å²) >= 11 is 0. The Morgan fingerprint density at radius 1 is 0.706 bits per heavy atom. The second kappa shape index (κ2) is 14.8. The van der Waals surface area contributed by atoms with E-state index in [0.29, 0.717) is 17.2 Å². The lowest BCUT2D eigenvalue weighted by Crippen LogP contribution is -2.48. The summed E-state index contributed by atoms with van der Waals surface area (Å²) in [6.07, 6.45) is 4.40. The molecular weight excluding hydrogens is 638 g/mol. The zero-order valence-corrected chi connectivity index (χ0v) is 29.3. The number of rotatable bonds is 10. The van der Waals surface area contributed by atoms with Crippen LogP contribution in [-0.2, 0) is 22.6 Å². The van der Waals surface area contributed by atoms with Gasteiger partial charge in [0.25, 0.3) is 11.8 Å². The van der Waals surface area contributed by atoms with Gasteiger partial charge in [-0.3, -0.25) is 19.4 Å². The Morgan fingerprint density at radius 2 is 1.41 bits per heavy atom. The van der Waals surface area contributed by atoms with Crippen LogP contribution < -0.4 is 0 Å². The summed E-state index contributed by atoms with van der Waals surface area (Å²) in [7, 11) is 0. The van der Waals surface area contributed by atoms with E-state index in [0.717, 1.165) is 53.0 Å². The molecule has 2 amide bonds. The van der Waals surface area contributed by atoms with Crippen LogP contribution in [0.25, 0.3) is 11.1 Å². The zero-order valence-electron chi connectivity index (χ0n) is 29.3. The number of aliphatic hydroxyl groups excluding tert-OH is 1. The van der Waals surface area contributed by atoms with E-state index in [9.17, 15) is 14.7 Å².